The zero-order valence-corrected chi connectivity index (χ0v) is 13.4. The Morgan fingerprint density at radius 3 is 2.25 bits per heavy atom. The third kappa shape index (κ3) is 2.53. The zero-order valence-electron chi connectivity index (χ0n) is 13.4. The Kier molecular flexibility index (Phi) is 3.51. The van der Waals surface area contributed by atoms with Gasteiger partial charge in [0.05, 0.1) is 0 Å². The number of hydrogen-bond acceptors (Lipinski definition) is 3. The average Bonchev–Trinajstić information content (AvgIpc) is 2.95. The minimum atomic E-state index is -0.671. The van der Waals surface area contributed by atoms with Gasteiger partial charge in [0.15, 0.2) is 0 Å². The summed E-state index contributed by atoms with van der Waals surface area (Å²) in [6.07, 6.45) is 3.57. The van der Waals surface area contributed by atoms with Gasteiger partial charge < -0.3 is 19.8 Å². The number of rotatable bonds is 2. The van der Waals surface area contributed by atoms with Crippen molar-refractivity contribution in [2.24, 2.45) is 11.3 Å². The van der Waals surface area contributed by atoms with Gasteiger partial charge >= 0.3 is 5.69 Å². The molecule has 24 heavy (non-hydrogen) atoms. The Morgan fingerprint density at radius 1 is 1.08 bits per heavy atom. The molecule has 7 nitrogen and oxygen atoms in total. The molecule has 8 heteroatoms. The molecule has 0 atom stereocenters. The lowest BCUT2D eigenvalue weighted by atomic mass is 9.51. The van der Waals surface area contributed by atoms with Crippen LogP contribution in [-0.2, 0) is 4.79 Å². The van der Waals surface area contributed by atoms with Crippen molar-refractivity contribution in [2.45, 2.75) is 31.9 Å². The van der Waals surface area contributed by atoms with Gasteiger partial charge in [-0.2, -0.15) is 0 Å². The first kappa shape index (κ1) is 15.4. The molecule has 0 unspecified atom stereocenters. The first-order valence-electron chi connectivity index (χ1n) is 8.46. The van der Waals surface area contributed by atoms with Crippen LogP contribution in [0, 0.1) is 11.3 Å². The van der Waals surface area contributed by atoms with Crippen LogP contribution in [0.15, 0.2) is 11.0 Å². The molecule has 0 bridgehead atoms. The van der Waals surface area contributed by atoms with Gasteiger partial charge in [-0.05, 0) is 31.1 Å². The highest BCUT2D eigenvalue weighted by Crippen LogP contribution is 2.59. The van der Waals surface area contributed by atoms with Crippen molar-refractivity contribution in [3.05, 3.63) is 22.4 Å². The zero-order chi connectivity index (χ0) is 16.9. The van der Waals surface area contributed by atoms with Gasteiger partial charge in [0.2, 0.25) is 5.91 Å². The summed E-state index contributed by atoms with van der Waals surface area (Å²) in [6, 6.07) is 0. The fraction of sp³-hybridized carbons (Fsp3) is 0.688. The second kappa shape index (κ2) is 5.46. The van der Waals surface area contributed by atoms with Crippen LogP contribution in [0.1, 0.15) is 36.2 Å². The van der Waals surface area contributed by atoms with E-state index in [0.717, 1.165) is 12.8 Å². The molecule has 2 aliphatic carbocycles. The van der Waals surface area contributed by atoms with E-state index >= 15 is 0 Å². The van der Waals surface area contributed by atoms with Crippen molar-refractivity contribution < 1.29 is 14.0 Å². The van der Waals surface area contributed by atoms with Gasteiger partial charge in [0.1, 0.15) is 11.9 Å². The van der Waals surface area contributed by atoms with Crippen LogP contribution < -0.4 is 5.69 Å². The number of piperazine rings is 1. The van der Waals surface area contributed by atoms with Gasteiger partial charge in [-0.1, -0.05) is 0 Å². The van der Waals surface area contributed by atoms with Gasteiger partial charge in [-0.3, -0.25) is 9.59 Å². The topological polar surface area (TPSA) is 89.3 Å². The molecule has 0 radical (unpaired) electrons. The summed E-state index contributed by atoms with van der Waals surface area (Å²) in [5, 5.41) is 0. The van der Waals surface area contributed by atoms with Crippen LogP contribution in [0.2, 0.25) is 0 Å². The lowest BCUT2D eigenvalue weighted by Gasteiger charge is -2.55. The van der Waals surface area contributed by atoms with Gasteiger partial charge in [-0.15, -0.1) is 0 Å². The van der Waals surface area contributed by atoms with Crippen molar-refractivity contribution in [1.82, 2.24) is 19.8 Å². The number of hydrogen-bond donors (Lipinski definition) is 2. The molecule has 2 N–H and O–H groups in total. The highest BCUT2D eigenvalue weighted by Gasteiger charge is 2.55. The number of carbonyl (C=O) groups is 2. The molecule has 1 aromatic heterocycles. The third-order valence-electron chi connectivity index (χ3n) is 5.72. The second-order valence-electron chi connectivity index (χ2n) is 7.38. The van der Waals surface area contributed by atoms with Crippen LogP contribution in [-0.4, -0.2) is 63.9 Å². The number of carbonyl (C=O) groups excluding carboxylic acids is 2. The number of nitrogens with one attached hydrogen (secondary N) is 2. The van der Waals surface area contributed by atoms with E-state index in [9.17, 15) is 18.8 Å². The number of halogens is 1. The molecular formula is C16H21FN4O3. The molecule has 1 spiro atoms. The SMILES string of the molecule is O=C(c1c[nH]c(=O)[nH]1)N1CCN(C(=O)C2CC3(CC(F)C3)C2)CC1. The number of imidazole rings is 1. The number of H-pyrrole nitrogens is 2. The summed E-state index contributed by atoms with van der Waals surface area (Å²) < 4.78 is 13.0. The molecule has 1 aromatic rings. The second-order valence-corrected chi connectivity index (χ2v) is 7.38. The fourth-order valence-electron chi connectivity index (χ4n) is 4.38. The monoisotopic (exact) mass is 336 g/mol. The summed E-state index contributed by atoms with van der Waals surface area (Å²) >= 11 is 0. The van der Waals surface area contributed by atoms with E-state index in [1.807, 2.05) is 4.90 Å². The standard InChI is InChI=1S/C16H21FN4O3/c17-11-7-16(8-11)5-10(6-16)13(22)20-1-3-21(4-2-20)14(23)12-9-18-15(24)19-12/h9-11H,1-8H2,(H2,18,19,24). The van der Waals surface area contributed by atoms with Crippen molar-refractivity contribution in [3.63, 3.8) is 0 Å². The highest BCUT2D eigenvalue weighted by atomic mass is 19.1. The van der Waals surface area contributed by atoms with Crippen LogP contribution in [0.3, 0.4) is 0 Å². The predicted molar refractivity (Wildman–Crippen MR) is 83.2 cm³/mol. The Bertz CT molecular complexity index is 705. The Morgan fingerprint density at radius 2 is 1.71 bits per heavy atom. The number of alkyl halides is 1. The quantitative estimate of drug-likeness (QED) is 0.825. The van der Waals surface area contributed by atoms with E-state index in [1.165, 1.54) is 6.20 Å². The van der Waals surface area contributed by atoms with E-state index in [2.05, 4.69) is 9.97 Å². The van der Waals surface area contributed by atoms with E-state index in [-0.39, 0.29) is 28.8 Å². The van der Waals surface area contributed by atoms with E-state index in [1.54, 1.807) is 4.90 Å². The maximum Gasteiger partial charge on any atom is 0.323 e. The molecule has 4 rings (SSSR count). The number of aromatic amines is 2. The first-order chi connectivity index (χ1) is 11.5. The first-order valence-corrected chi connectivity index (χ1v) is 8.46. The normalized spacial score (nSPS) is 32.4. The molecule has 130 valence electrons. The molecule has 2 heterocycles. The molecule has 1 aliphatic heterocycles. The smallest absolute Gasteiger partial charge is 0.323 e. The van der Waals surface area contributed by atoms with E-state index in [4.69, 9.17) is 0 Å². The van der Waals surface area contributed by atoms with Gasteiger partial charge in [-0.25, -0.2) is 9.18 Å². The van der Waals surface area contributed by atoms with Crippen LogP contribution in [0.5, 0.6) is 0 Å². The molecule has 2 saturated carbocycles. The van der Waals surface area contributed by atoms with Crippen LogP contribution in [0.25, 0.3) is 0 Å². The number of amides is 2. The maximum atomic E-state index is 13.0. The Labute approximate surface area is 138 Å². The highest BCUT2D eigenvalue weighted by molar-refractivity contribution is 5.92. The minimum Gasteiger partial charge on any atom is -0.339 e. The summed E-state index contributed by atoms with van der Waals surface area (Å²) in [6.45, 7) is 1.94. The number of aromatic nitrogens is 2. The maximum absolute atomic E-state index is 13.0. The van der Waals surface area contributed by atoms with E-state index in [0.29, 0.717) is 39.0 Å². The van der Waals surface area contributed by atoms with Gasteiger partial charge in [0.25, 0.3) is 5.91 Å². The Hall–Kier alpha value is -2.12. The summed E-state index contributed by atoms with van der Waals surface area (Å²) in [5.74, 6) is -0.0580. The van der Waals surface area contributed by atoms with Crippen LogP contribution in [0.4, 0.5) is 4.39 Å². The minimum absolute atomic E-state index is 0.0285. The van der Waals surface area contributed by atoms with Crippen molar-refractivity contribution >= 4 is 11.8 Å². The molecule has 2 amide bonds. The molecule has 0 aromatic carbocycles. The molecule has 3 fully saturated rings. The summed E-state index contributed by atoms with van der Waals surface area (Å²) in [7, 11) is 0. The van der Waals surface area contributed by atoms with Gasteiger partial charge in [0, 0.05) is 38.3 Å². The average molecular weight is 336 g/mol. The summed E-state index contributed by atoms with van der Waals surface area (Å²) in [5.41, 5.74) is -0.0541. The van der Waals surface area contributed by atoms with Crippen molar-refractivity contribution in [1.29, 1.82) is 0 Å². The fourth-order valence-corrected chi connectivity index (χ4v) is 4.38. The van der Waals surface area contributed by atoms with E-state index < -0.39 is 11.9 Å². The predicted octanol–water partition coefficient (Wildman–Crippen LogP) is 0.516. The van der Waals surface area contributed by atoms with Crippen molar-refractivity contribution in [3.8, 4) is 0 Å². The van der Waals surface area contributed by atoms with Crippen molar-refractivity contribution in [2.75, 3.05) is 26.2 Å². The Balaban J connectivity index is 1.28. The van der Waals surface area contributed by atoms with Crippen LogP contribution >= 0.6 is 0 Å². The molecular weight excluding hydrogens is 315 g/mol. The lowest BCUT2D eigenvalue weighted by molar-refractivity contribution is -0.153. The number of nitrogens with zero attached hydrogens (tertiary/aromatic N) is 2. The summed E-state index contributed by atoms with van der Waals surface area (Å²) in [4.78, 5) is 44.2. The molecule has 1 saturated heterocycles. The third-order valence-corrected chi connectivity index (χ3v) is 5.72. The largest absolute Gasteiger partial charge is 0.339 e. The lowest BCUT2D eigenvalue weighted by Crippen LogP contribution is -2.57. The molecule has 3 aliphatic rings.